The Hall–Kier alpha value is -2.58. The van der Waals surface area contributed by atoms with E-state index in [0.717, 1.165) is 12.1 Å². The fourth-order valence-corrected chi connectivity index (χ4v) is 3.17. The molecule has 3 N–H and O–H groups in total. The number of rotatable bonds is 2. The second kappa shape index (κ2) is 4.76. The number of fused-ring (bicyclic) bond motifs is 3. The van der Waals surface area contributed by atoms with Gasteiger partial charge in [-0.3, -0.25) is 5.84 Å². The van der Waals surface area contributed by atoms with Crippen molar-refractivity contribution in [2.24, 2.45) is 5.84 Å². The van der Waals surface area contributed by atoms with Crippen molar-refractivity contribution >= 4 is 5.69 Å². The van der Waals surface area contributed by atoms with E-state index in [0.29, 0.717) is 0 Å². The minimum absolute atomic E-state index is 0.926. The molecule has 1 aliphatic rings. The molecule has 2 nitrogen and oxygen atoms in total. The van der Waals surface area contributed by atoms with Crippen molar-refractivity contribution in [3.63, 3.8) is 0 Å². The minimum atomic E-state index is 0.926. The predicted molar refractivity (Wildman–Crippen MR) is 87.9 cm³/mol. The number of nitrogens with one attached hydrogen (secondary N) is 1. The number of hydrogen-bond acceptors (Lipinski definition) is 2. The fraction of sp³-hybridized carbons (Fsp3) is 0.0526. The summed E-state index contributed by atoms with van der Waals surface area (Å²) in [6, 6.07) is 23.5. The number of nitrogens with two attached hydrogens (primary N) is 1. The van der Waals surface area contributed by atoms with Crippen LogP contribution in [0.1, 0.15) is 11.1 Å². The van der Waals surface area contributed by atoms with E-state index < -0.39 is 0 Å². The van der Waals surface area contributed by atoms with Crippen molar-refractivity contribution in [1.82, 2.24) is 0 Å². The second-order valence-corrected chi connectivity index (χ2v) is 5.39. The van der Waals surface area contributed by atoms with Gasteiger partial charge in [-0.05, 0) is 51.9 Å². The molecule has 0 aromatic heterocycles. The Balaban J connectivity index is 1.85. The van der Waals surface area contributed by atoms with E-state index in [9.17, 15) is 0 Å². The van der Waals surface area contributed by atoms with Crippen molar-refractivity contribution in [3.8, 4) is 22.3 Å². The van der Waals surface area contributed by atoms with Gasteiger partial charge in [0.2, 0.25) is 0 Å². The molecule has 3 aromatic carbocycles. The number of hydrogen-bond donors (Lipinski definition) is 2. The molecule has 0 saturated heterocycles. The number of hydrazine groups is 1. The molecule has 3 aromatic rings. The zero-order chi connectivity index (χ0) is 14.2. The number of benzene rings is 3. The average molecular weight is 272 g/mol. The molecule has 102 valence electrons. The molecule has 0 heterocycles. The molecular weight excluding hydrogens is 256 g/mol. The van der Waals surface area contributed by atoms with Crippen LogP contribution in [0, 0.1) is 0 Å². The van der Waals surface area contributed by atoms with Crippen LogP contribution in [-0.2, 0) is 6.42 Å². The van der Waals surface area contributed by atoms with Crippen molar-refractivity contribution in [1.29, 1.82) is 0 Å². The molecule has 2 heteroatoms. The molecule has 21 heavy (non-hydrogen) atoms. The first-order valence-corrected chi connectivity index (χ1v) is 7.14. The van der Waals surface area contributed by atoms with Gasteiger partial charge in [0.25, 0.3) is 0 Å². The third kappa shape index (κ3) is 1.92. The largest absolute Gasteiger partial charge is 0.324 e. The van der Waals surface area contributed by atoms with E-state index in [1.165, 1.54) is 33.4 Å². The van der Waals surface area contributed by atoms with Gasteiger partial charge in [-0.15, -0.1) is 0 Å². The van der Waals surface area contributed by atoms with Crippen molar-refractivity contribution in [3.05, 3.63) is 77.9 Å². The molecule has 0 radical (unpaired) electrons. The van der Waals surface area contributed by atoms with Gasteiger partial charge in [-0.25, -0.2) is 0 Å². The Morgan fingerprint density at radius 3 is 2.24 bits per heavy atom. The van der Waals surface area contributed by atoms with E-state index in [1.54, 1.807) is 0 Å². The van der Waals surface area contributed by atoms with Crippen LogP contribution in [0.2, 0.25) is 0 Å². The fourth-order valence-electron chi connectivity index (χ4n) is 3.17. The summed E-state index contributed by atoms with van der Waals surface area (Å²) in [6.07, 6.45) is 1.01. The highest BCUT2D eigenvalue weighted by Gasteiger charge is 2.20. The standard InChI is InChI=1S/C19H16N2/c20-21-15-10-8-13(9-11-15)16-6-3-7-18-17-5-2-1-4-14(17)12-19(16)18/h1-11,21H,12,20H2. The van der Waals surface area contributed by atoms with E-state index in [4.69, 9.17) is 5.84 Å². The lowest BCUT2D eigenvalue weighted by Gasteiger charge is -2.09. The van der Waals surface area contributed by atoms with E-state index in [-0.39, 0.29) is 0 Å². The Labute approximate surface area is 124 Å². The molecule has 1 aliphatic carbocycles. The van der Waals surface area contributed by atoms with Gasteiger partial charge in [-0.2, -0.15) is 0 Å². The molecule has 0 bridgehead atoms. The minimum Gasteiger partial charge on any atom is -0.324 e. The average Bonchev–Trinajstić information content (AvgIpc) is 2.94. The first-order chi connectivity index (χ1) is 10.4. The van der Waals surface area contributed by atoms with Crippen molar-refractivity contribution in [2.45, 2.75) is 6.42 Å². The Kier molecular flexibility index (Phi) is 2.76. The van der Waals surface area contributed by atoms with Crippen LogP contribution in [0.25, 0.3) is 22.3 Å². The van der Waals surface area contributed by atoms with Crippen LogP contribution >= 0.6 is 0 Å². The Bertz CT molecular complexity index is 804. The summed E-state index contributed by atoms with van der Waals surface area (Å²) in [5.41, 5.74) is 11.7. The molecule has 0 saturated carbocycles. The summed E-state index contributed by atoms with van der Waals surface area (Å²) < 4.78 is 0. The molecule has 0 spiro atoms. The highest BCUT2D eigenvalue weighted by molar-refractivity contribution is 5.84. The predicted octanol–water partition coefficient (Wildman–Crippen LogP) is 4.21. The smallest absolute Gasteiger partial charge is 0.0485 e. The first-order valence-electron chi connectivity index (χ1n) is 7.14. The maximum Gasteiger partial charge on any atom is 0.0485 e. The maximum atomic E-state index is 5.44. The quantitative estimate of drug-likeness (QED) is 0.424. The van der Waals surface area contributed by atoms with Crippen LogP contribution in [0.4, 0.5) is 5.69 Å². The molecule has 4 rings (SSSR count). The molecular formula is C19H16N2. The first kappa shape index (κ1) is 12.2. The highest BCUT2D eigenvalue weighted by Crippen LogP contribution is 2.41. The van der Waals surface area contributed by atoms with Gasteiger partial charge in [0.1, 0.15) is 0 Å². The van der Waals surface area contributed by atoms with Crippen LogP contribution < -0.4 is 11.3 Å². The SMILES string of the molecule is NNc1ccc(-c2cccc3c2Cc2ccccc2-3)cc1. The Morgan fingerprint density at radius 2 is 1.43 bits per heavy atom. The van der Waals surface area contributed by atoms with Gasteiger partial charge in [0, 0.05) is 5.69 Å². The lowest BCUT2D eigenvalue weighted by Crippen LogP contribution is -2.06. The van der Waals surface area contributed by atoms with Crippen LogP contribution in [0.5, 0.6) is 0 Å². The van der Waals surface area contributed by atoms with Crippen LogP contribution in [0.15, 0.2) is 66.7 Å². The molecule has 0 aliphatic heterocycles. The summed E-state index contributed by atoms with van der Waals surface area (Å²) in [4.78, 5) is 0. The van der Waals surface area contributed by atoms with Crippen molar-refractivity contribution < 1.29 is 0 Å². The van der Waals surface area contributed by atoms with Crippen LogP contribution in [0.3, 0.4) is 0 Å². The number of anilines is 1. The van der Waals surface area contributed by atoms with E-state index in [1.807, 2.05) is 12.1 Å². The summed E-state index contributed by atoms with van der Waals surface area (Å²) in [5.74, 6) is 5.44. The highest BCUT2D eigenvalue weighted by atomic mass is 15.2. The zero-order valence-electron chi connectivity index (χ0n) is 11.6. The Morgan fingerprint density at radius 1 is 0.714 bits per heavy atom. The third-order valence-corrected chi connectivity index (χ3v) is 4.21. The normalized spacial score (nSPS) is 11.9. The second-order valence-electron chi connectivity index (χ2n) is 5.39. The summed E-state index contributed by atoms with van der Waals surface area (Å²) in [6.45, 7) is 0. The molecule has 0 amide bonds. The lowest BCUT2D eigenvalue weighted by molar-refractivity contribution is 1.26. The van der Waals surface area contributed by atoms with Crippen LogP contribution in [-0.4, -0.2) is 0 Å². The third-order valence-electron chi connectivity index (χ3n) is 4.21. The van der Waals surface area contributed by atoms with Crippen molar-refractivity contribution in [2.75, 3.05) is 5.43 Å². The van der Waals surface area contributed by atoms with Gasteiger partial charge in [0.05, 0.1) is 0 Å². The lowest BCUT2D eigenvalue weighted by atomic mass is 9.96. The summed E-state index contributed by atoms with van der Waals surface area (Å²) in [5, 5.41) is 0. The number of nitrogen functional groups attached to an aromatic ring is 1. The topological polar surface area (TPSA) is 38.0 Å². The molecule has 0 fully saturated rings. The monoisotopic (exact) mass is 272 g/mol. The molecule has 0 atom stereocenters. The van der Waals surface area contributed by atoms with E-state index >= 15 is 0 Å². The van der Waals surface area contributed by atoms with Gasteiger partial charge >= 0.3 is 0 Å². The van der Waals surface area contributed by atoms with Gasteiger partial charge < -0.3 is 5.43 Å². The maximum absolute atomic E-state index is 5.44. The summed E-state index contributed by atoms with van der Waals surface area (Å²) in [7, 11) is 0. The van der Waals surface area contributed by atoms with Gasteiger partial charge in [0.15, 0.2) is 0 Å². The van der Waals surface area contributed by atoms with E-state index in [2.05, 4.69) is 60.0 Å². The zero-order valence-corrected chi connectivity index (χ0v) is 11.6. The summed E-state index contributed by atoms with van der Waals surface area (Å²) >= 11 is 0. The van der Waals surface area contributed by atoms with Gasteiger partial charge in [-0.1, -0.05) is 54.6 Å². The molecule has 0 unspecified atom stereocenters.